The third kappa shape index (κ3) is 4.99. The molecule has 0 fully saturated rings. The van der Waals surface area contributed by atoms with Crippen LogP contribution >= 0.6 is 0 Å². The summed E-state index contributed by atoms with van der Waals surface area (Å²) in [5, 5.41) is 11.4. The van der Waals surface area contributed by atoms with Crippen LogP contribution < -0.4 is 10.2 Å². The Morgan fingerprint density at radius 2 is 2.10 bits per heavy atom. The van der Waals surface area contributed by atoms with Crippen LogP contribution in [0, 0.1) is 11.3 Å². The fourth-order valence-electron chi connectivity index (χ4n) is 1.81. The molecule has 1 N–H and O–H groups in total. The van der Waals surface area contributed by atoms with Gasteiger partial charge < -0.3 is 10.2 Å². The Morgan fingerprint density at radius 1 is 1.43 bits per heavy atom. The third-order valence-electron chi connectivity index (χ3n) is 2.91. The van der Waals surface area contributed by atoms with Gasteiger partial charge in [0.05, 0.1) is 17.2 Å². The number of hydrogen-bond donors (Lipinski definition) is 1. The molecule has 0 unspecified atom stereocenters. The van der Waals surface area contributed by atoms with Crippen molar-refractivity contribution < 1.29 is 18.0 Å². The fraction of sp³-hybridized carbons (Fsp3) is 0.429. The maximum Gasteiger partial charge on any atom is 0.417 e. The molecule has 0 aromatic heterocycles. The van der Waals surface area contributed by atoms with Crippen molar-refractivity contribution in [2.75, 3.05) is 25.0 Å². The second-order valence-electron chi connectivity index (χ2n) is 4.60. The van der Waals surface area contributed by atoms with Gasteiger partial charge >= 0.3 is 6.18 Å². The Bertz CT molecular complexity index is 549. The van der Waals surface area contributed by atoms with Crippen LogP contribution in [0.4, 0.5) is 18.9 Å². The van der Waals surface area contributed by atoms with Gasteiger partial charge in [-0.25, -0.2) is 0 Å². The van der Waals surface area contributed by atoms with Crippen molar-refractivity contribution in [3.8, 4) is 6.07 Å². The molecule has 21 heavy (non-hydrogen) atoms. The topological polar surface area (TPSA) is 56.1 Å². The highest BCUT2D eigenvalue weighted by Gasteiger charge is 2.34. The van der Waals surface area contributed by atoms with Gasteiger partial charge in [0.1, 0.15) is 0 Å². The molecule has 0 saturated carbocycles. The Morgan fingerprint density at radius 3 is 2.62 bits per heavy atom. The van der Waals surface area contributed by atoms with Crippen LogP contribution in [0.3, 0.4) is 0 Å². The predicted molar refractivity (Wildman–Crippen MR) is 72.7 cm³/mol. The first-order chi connectivity index (χ1) is 9.75. The van der Waals surface area contributed by atoms with E-state index in [0.717, 1.165) is 6.07 Å². The van der Waals surface area contributed by atoms with Crippen molar-refractivity contribution >= 4 is 11.6 Å². The minimum Gasteiger partial charge on any atom is -0.375 e. The first kappa shape index (κ1) is 16.8. The molecule has 114 valence electrons. The molecule has 0 aliphatic rings. The summed E-state index contributed by atoms with van der Waals surface area (Å²) in [7, 11) is 1.66. The molecule has 0 bridgehead atoms. The first-order valence-corrected chi connectivity index (χ1v) is 6.32. The van der Waals surface area contributed by atoms with Crippen LogP contribution in [0.5, 0.6) is 0 Å². The number of carbonyl (C=O) groups excluding carboxylic acids is 1. The highest BCUT2D eigenvalue weighted by atomic mass is 19.4. The third-order valence-corrected chi connectivity index (χ3v) is 2.91. The molecule has 4 nitrogen and oxygen atoms in total. The van der Waals surface area contributed by atoms with Gasteiger partial charge in [-0.2, -0.15) is 18.4 Å². The van der Waals surface area contributed by atoms with Crippen LogP contribution in [0.1, 0.15) is 24.5 Å². The summed E-state index contributed by atoms with van der Waals surface area (Å²) in [6, 6.07) is 5.16. The van der Waals surface area contributed by atoms with Crippen molar-refractivity contribution in [1.82, 2.24) is 5.32 Å². The molecule has 0 heterocycles. The van der Waals surface area contributed by atoms with Crippen LogP contribution in [0.25, 0.3) is 0 Å². The first-order valence-electron chi connectivity index (χ1n) is 6.32. The number of nitrogens with zero attached hydrogens (tertiary/aromatic N) is 2. The summed E-state index contributed by atoms with van der Waals surface area (Å²) in [4.78, 5) is 12.4. The average Bonchev–Trinajstić information content (AvgIpc) is 2.41. The number of rotatable bonds is 5. The smallest absolute Gasteiger partial charge is 0.375 e. The van der Waals surface area contributed by atoms with Crippen LogP contribution in [0.2, 0.25) is 0 Å². The second-order valence-corrected chi connectivity index (χ2v) is 4.60. The average molecular weight is 299 g/mol. The van der Waals surface area contributed by atoms with Crippen molar-refractivity contribution in [2.24, 2.45) is 0 Å². The quantitative estimate of drug-likeness (QED) is 0.850. The number of halogens is 3. The van der Waals surface area contributed by atoms with Gasteiger partial charge in [-0.1, -0.05) is 0 Å². The Hall–Kier alpha value is -2.23. The lowest BCUT2D eigenvalue weighted by Crippen LogP contribution is -2.26. The second kappa shape index (κ2) is 6.97. The van der Waals surface area contributed by atoms with Crippen molar-refractivity contribution in [3.63, 3.8) is 0 Å². The van der Waals surface area contributed by atoms with Crippen molar-refractivity contribution in [1.29, 1.82) is 5.26 Å². The van der Waals surface area contributed by atoms with Crippen molar-refractivity contribution in [3.05, 3.63) is 29.3 Å². The summed E-state index contributed by atoms with van der Waals surface area (Å²) < 4.78 is 38.6. The van der Waals surface area contributed by atoms with E-state index in [9.17, 15) is 18.0 Å². The maximum atomic E-state index is 12.9. The molecule has 0 saturated heterocycles. The van der Waals surface area contributed by atoms with E-state index in [1.54, 1.807) is 18.0 Å². The molecule has 0 aliphatic carbocycles. The van der Waals surface area contributed by atoms with Crippen LogP contribution in [-0.4, -0.2) is 26.0 Å². The highest BCUT2D eigenvalue weighted by Crippen LogP contribution is 2.34. The van der Waals surface area contributed by atoms with E-state index < -0.39 is 17.3 Å². The summed E-state index contributed by atoms with van der Waals surface area (Å²) in [6.45, 7) is 2.35. The lowest BCUT2D eigenvalue weighted by molar-refractivity contribution is -0.137. The zero-order valence-electron chi connectivity index (χ0n) is 11.8. The Kier molecular flexibility index (Phi) is 5.59. The fourth-order valence-corrected chi connectivity index (χ4v) is 1.81. The SMILES string of the molecule is CC(=O)NCCCN(C)c1ccc(C#N)c(C(F)(F)F)c1. The van der Waals surface area contributed by atoms with Gasteiger partial charge in [-0.15, -0.1) is 0 Å². The van der Waals surface area contributed by atoms with E-state index >= 15 is 0 Å². The van der Waals surface area contributed by atoms with Gasteiger partial charge in [0, 0.05) is 32.7 Å². The number of benzene rings is 1. The van der Waals surface area contributed by atoms with Crippen molar-refractivity contribution in [2.45, 2.75) is 19.5 Å². The molecule has 1 aromatic rings. The summed E-state index contributed by atoms with van der Waals surface area (Å²) in [5.74, 6) is -0.143. The maximum absolute atomic E-state index is 12.9. The van der Waals surface area contributed by atoms with E-state index in [2.05, 4.69) is 5.32 Å². The normalized spacial score (nSPS) is 10.9. The monoisotopic (exact) mass is 299 g/mol. The zero-order chi connectivity index (χ0) is 16.0. The molecule has 0 atom stereocenters. The van der Waals surface area contributed by atoms with E-state index in [0.29, 0.717) is 25.2 Å². The van der Waals surface area contributed by atoms with Gasteiger partial charge in [0.25, 0.3) is 0 Å². The molecule has 0 aliphatic heterocycles. The van der Waals surface area contributed by atoms with E-state index in [4.69, 9.17) is 5.26 Å². The standard InChI is InChI=1S/C14H16F3N3O/c1-10(21)19-6-3-7-20(2)12-5-4-11(9-18)13(8-12)14(15,16)17/h4-5,8H,3,6-7H2,1-2H3,(H,19,21). The number of nitrogens with one attached hydrogen (secondary N) is 1. The van der Waals surface area contributed by atoms with E-state index in [-0.39, 0.29) is 5.91 Å². The molecule has 1 aromatic carbocycles. The van der Waals surface area contributed by atoms with Gasteiger partial charge in [-0.05, 0) is 24.6 Å². The molecule has 1 rings (SSSR count). The number of alkyl halides is 3. The molecule has 0 radical (unpaired) electrons. The predicted octanol–water partition coefficient (Wildman–Crippen LogP) is 2.54. The minimum atomic E-state index is -4.56. The number of anilines is 1. The van der Waals surface area contributed by atoms with Gasteiger partial charge in [0.15, 0.2) is 0 Å². The largest absolute Gasteiger partial charge is 0.417 e. The number of hydrogen-bond acceptors (Lipinski definition) is 3. The van der Waals surface area contributed by atoms with Crippen LogP contribution in [0.15, 0.2) is 18.2 Å². The Balaban J connectivity index is 2.79. The van der Waals surface area contributed by atoms with Gasteiger partial charge in [-0.3, -0.25) is 4.79 Å². The lowest BCUT2D eigenvalue weighted by Gasteiger charge is -2.21. The summed E-state index contributed by atoms with van der Waals surface area (Å²) >= 11 is 0. The molecular formula is C14H16F3N3O. The molecular weight excluding hydrogens is 283 g/mol. The number of nitriles is 1. The summed E-state index contributed by atoms with van der Waals surface area (Å²) in [5.41, 5.74) is -0.946. The van der Waals surface area contributed by atoms with Gasteiger partial charge in [0.2, 0.25) is 5.91 Å². The Labute approximate surface area is 121 Å². The van der Waals surface area contributed by atoms with Crippen LogP contribution in [-0.2, 0) is 11.0 Å². The highest BCUT2D eigenvalue weighted by molar-refractivity contribution is 5.72. The summed E-state index contributed by atoms with van der Waals surface area (Å²) in [6.07, 6.45) is -3.95. The van der Waals surface area contributed by atoms with E-state index in [1.165, 1.54) is 19.1 Å². The zero-order valence-corrected chi connectivity index (χ0v) is 11.8. The molecule has 0 spiro atoms. The number of carbonyl (C=O) groups is 1. The lowest BCUT2D eigenvalue weighted by atomic mass is 10.1. The number of amides is 1. The van der Waals surface area contributed by atoms with E-state index in [1.807, 2.05) is 0 Å². The molecule has 1 amide bonds. The molecule has 7 heteroatoms. The minimum absolute atomic E-state index is 0.143.